The van der Waals surface area contributed by atoms with Crippen LogP contribution >= 0.6 is 0 Å². The summed E-state index contributed by atoms with van der Waals surface area (Å²) in [5.41, 5.74) is 6.20. The molecule has 156 valence electrons. The molecule has 2 aliphatic rings. The van der Waals surface area contributed by atoms with E-state index in [0.29, 0.717) is 17.8 Å². The van der Waals surface area contributed by atoms with Gasteiger partial charge in [0, 0.05) is 34.5 Å². The Kier molecular flexibility index (Phi) is 4.36. The maximum Gasteiger partial charge on any atom is 0.326 e. The summed E-state index contributed by atoms with van der Waals surface area (Å²) in [6.45, 7) is 6.93. The van der Waals surface area contributed by atoms with E-state index < -0.39 is 0 Å². The number of fused-ring (bicyclic) bond motifs is 2. The van der Waals surface area contributed by atoms with E-state index >= 15 is 0 Å². The smallest absolute Gasteiger partial charge is 0.326 e. The highest BCUT2D eigenvalue weighted by Gasteiger charge is 2.39. The summed E-state index contributed by atoms with van der Waals surface area (Å²) >= 11 is 0. The molecule has 3 amide bonds. The third-order valence-corrected chi connectivity index (χ3v) is 6.38. The van der Waals surface area contributed by atoms with E-state index in [9.17, 15) is 9.59 Å². The molecule has 0 saturated heterocycles. The normalized spacial score (nSPS) is 18.4. The van der Waals surface area contributed by atoms with Crippen molar-refractivity contribution in [1.29, 1.82) is 0 Å². The van der Waals surface area contributed by atoms with Gasteiger partial charge in [0.1, 0.15) is 0 Å². The van der Waals surface area contributed by atoms with Crippen molar-refractivity contribution in [3.8, 4) is 0 Å². The average Bonchev–Trinajstić information content (AvgIpc) is 3.23. The van der Waals surface area contributed by atoms with Crippen molar-refractivity contribution in [3.05, 3.63) is 94.5 Å². The third-order valence-electron chi connectivity index (χ3n) is 6.38. The fraction of sp³-hybridized carbons (Fsp3) is 0.231. The molecule has 0 aromatic heterocycles. The van der Waals surface area contributed by atoms with Crippen molar-refractivity contribution in [2.75, 3.05) is 16.8 Å². The van der Waals surface area contributed by atoms with Gasteiger partial charge < -0.3 is 10.6 Å². The van der Waals surface area contributed by atoms with E-state index in [1.54, 1.807) is 4.90 Å². The van der Waals surface area contributed by atoms with Gasteiger partial charge in [0.05, 0.1) is 6.04 Å². The van der Waals surface area contributed by atoms with Gasteiger partial charge >= 0.3 is 6.03 Å². The van der Waals surface area contributed by atoms with Crippen molar-refractivity contribution < 1.29 is 9.59 Å². The number of hydrogen-bond acceptors (Lipinski definition) is 2. The van der Waals surface area contributed by atoms with Gasteiger partial charge in [-0.15, -0.1) is 0 Å². The average molecular weight is 412 g/mol. The summed E-state index contributed by atoms with van der Waals surface area (Å²) in [5, 5.41) is 6.18. The zero-order valence-corrected chi connectivity index (χ0v) is 17.9. The number of hydrogen-bond donors (Lipinski definition) is 2. The summed E-state index contributed by atoms with van der Waals surface area (Å²) < 4.78 is 0. The lowest BCUT2D eigenvalue weighted by atomic mass is 9.87. The van der Waals surface area contributed by atoms with E-state index in [2.05, 4.69) is 30.5 Å². The van der Waals surface area contributed by atoms with Crippen LogP contribution in [0.15, 0.2) is 66.7 Å². The van der Waals surface area contributed by atoms with Crippen LogP contribution in [0.4, 0.5) is 16.2 Å². The van der Waals surface area contributed by atoms with E-state index in [4.69, 9.17) is 0 Å². The molecule has 0 radical (unpaired) electrons. The maximum absolute atomic E-state index is 13.4. The largest absolute Gasteiger partial charge is 0.341 e. The minimum absolute atomic E-state index is 0.117. The molecular weight excluding hydrogens is 386 g/mol. The fourth-order valence-corrected chi connectivity index (χ4v) is 4.82. The molecule has 2 aliphatic heterocycles. The Bertz CT molecular complexity index is 1210. The Hall–Kier alpha value is -3.60. The predicted octanol–water partition coefficient (Wildman–Crippen LogP) is 5.16. The zero-order chi connectivity index (χ0) is 21.8. The van der Waals surface area contributed by atoms with E-state index in [0.717, 1.165) is 27.9 Å². The van der Waals surface area contributed by atoms with Gasteiger partial charge in [0.2, 0.25) is 0 Å². The lowest BCUT2D eigenvalue weighted by Crippen LogP contribution is -2.37. The number of nitrogens with zero attached hydrogens (tertiary/aromatic N) is 1. The monoisotopic (exact) mass is 411 g/mol. The molecule has 1 unspecified atom stereocenters. The second-order valence-electron chi connectivity index (χ2n) is 8.95. The molecule has 3 aromatic carbocycles. The molecule has 0 bridgehead atoms. The zero-order valence-electron chi connectivity index (χ0n) is 17.9. The summed E-state index contributed by atoms with van der Waals surface area (Å²) in [5.74, 6) is -0.119. The van der Waals surface area contributed by atoms with E-state index in [-0.39, 0.29) is 23.4 Å². The SMILES string of the molecule is Cc1ccccc1C1NC(=O)c2cccc(NC(=O)N3CC(C)(C)c4ccccc43)c21. The lowest BCUT2D eigenvalue weighted by molar-refractivity contribution is 0.0960. The highest BCUT2D eigenvalue weighted by Crippen LogP contribution is 2.41. The van der Waals surface area contributed by atoms with Crippen molar-refractivity contribution in [3.63, 3.8) is 0 Å². The summed E-state index contributed by atoms with van der Waals surface area (Å²) in [7, 11) is 0. The molecule has 0 aliphatic carbocycles. The van der Waals surface area contributed by atoms with Crippen LogP contribution in [0.5, 0.6) is 0 Å². The molecular formula is C26H25N3O2. The predicted molar refractivity (Wildman–Crippen MR) is 123 cm³/mol. The van der Waals surface area contributed by atoms with Crippen molar-refractivity contribution in [1.82, 2.24) is 5.32 Å². The number of carbonyl (C=O) groups is 2. The minimum Gasteiger partial charge on any atom is -0.341 e. The van der Waals surface area contributed by atoms with Crippen molar-refractivity contribution in [2.45, 2.75) is 32.2 Å². The number of urea groups is 1. The number of nitrogens with one attached hydrogen (secondary N) is 2. The van der Waals surface area contributed by atoms with Crippen LogP contribution in [0.1, 0.15) is 52.5 Å². The van der Waals surface area contributed by atoms with Crippen molar-refractivity contribution in [2.24, 2.45) is 0 Å². The van der Waals surface area contributed by atoms with Gasteiger partial charge in [-0.2, -0.15) is 0 Å². The maximum atomic E-state index is 13.4. The van der Waals surface area contributed by atoms with E-state index in [1.807, 2.05) is 67.6 Å². The van der Waals surface area contributed by atoms with Crippen LogP contribution in [-0.2, 0) is 5.41 Å². The van der Waals surface area contributed by atoms with Crippen LogP contribution in [0, 0.1) is 6.92 Å². The molecule has 2 heterocycles. The first-order valence-electron chi connectivity index (χ1n) is 10.5. The van der Waals surface area contributed by atoms with Gasteiger partial charge in [-0.1, -0.05) is 62.4 Å². The van der Waals surface area contributed by atoms with E-state index in [1.165, 1.54) is 0 Å². The Balaban J connectivity index is 1.52. The molecule has 2 N–H and O–H groups in total. The van der Waals surface area contributed by atoms with Gasteiger partial charge in [-0.05, 0) is 41.8 Å². The number of carbonyl (C=O) groups excluding carboxylic acids is 2. The van der Waals surface area contributed by atoms with Gasteiger partial charge in [0.25, 0.3) is 5.91 Å². The number of rotatable bonds is 2. The summed E-state index contributed by atoms with van der Waals surface area (Å²) in [6, 6.07) is 21.1. The molecule has 5 heteroatoms. The standard InChI is InChI=1S/C26H25N3O2/c1-16-9-4-5-10-17(16)23-22-18(24(30)28-23)11-8-13-20(22)27-25(31)29-15-26(2,3)19-12-6-7-14-21(19)29/h4-14,23H,15H2,1-3H3,(H,27,31)(H,28,30). The van der Waals surface area contributed by atoms with Gasteiger partial charge in [-0.25, -0.2) is 4.79 Å². The van der Waals surface area contributed by atoms with Crippen LogP contribution < -0.4 is 15.5 Å². The Labute approximate surface area is 182 Å². The summed E-state index contributed by atoms with van der Waals surface area (Å²) in [6.07, 6.45) is 0. The molecule has 3 aromatic rings. The second-order valence-corrected chi connectivity index (χ2v) is 8.95. The topological polar surface area (TPSA) is 61.4 Å². The minimum atomic E-state index is -0.289. The Morgan fingerprint density at radius 3 is 2.58 bits per heavy atom. The molecule has 0 spiro atoms. The number of aryl methyl sites for hydroxylation is 1. The van der Waals surface area contributed by atoms with Crippen LogP contribution in [0.3, 0.4) is 0 Å². The number of benzene rings is 3. The second kappa shape index (κ2) is 6.98. The van der Waals surface area contributed by atoms with Crippen molar-refractivity contribution >= 4 is 23.3 Å². The molecule has 0 saturated carbocycles. The van der Waals surface area contributed by atoms with Crippen LogP contribution in [-0.4, -0.2) is 18.5 Å². The van der Waals surface area contributed by atoms with Crippen LogP contribution in [0.25, 0.3) is 0 Å². The van der Waals surface area contributed by atoms with Gasteiger partial charge in [0.15, 0.2) is 0 Å². The molecule has 5 rings (SSSR count). The Morgan fingerprint density at radius 1 is 1.03 bits per heavy atom. The Morgan fingerprint density at radius 2 is 1.77 bits per heavy atom. The van der Waals surface area contributed by atoms with Crippen LogP contribution in [0.2, 0.25) is 0 Å². The molecule has 31 heavy (non-hydrogen) atoms. The number of anilines is 2. The highest BCUT2D eigenvalue weighted by atomic mass is 16.2. The molecule has 1 atom stereocenters. The first kappa shape index (κ1) is 19.4. The quantitative estimate of drug-likeness (QED) is 0.612. The molecule has 0 fully saturated rings. The fourth-order valence-electron chi connectivity index (χ4n) is 4.82. The lowest BCUT2D eigenvalue weighted by Gasteiger charge is -2.23. The first-order valence-corrected chi connectivity index (χ1v) is 10.5. The van der Waals surface area contributed by atoms with Gasteiger partial charge in [-0.3, -0.25) is 9.69 Å². The number of para-hydroxylation sites is 1. The third kappa shape index (κ3) is 3.08. The number of amides is 3. The molecule has 5 nitrogen and oxygen atoms in total. The first-order chi connectivity index (χ1) is 14.9. The summed E-state index contributed by atoms with van der Waals surface area (Å²) in [4.78, 5) is 27.8. The highest BCUT2D eigenvalue weighted by molar-refractivity contribution is 6.07.